The van der Waals surface area contributed by atoms with Crippen LogP contribution in [0, 0.1) is 12.7 Å². The van der Waals surface area contributed by atoms with E-state index in [1.54, 1.807) is 24.3 Å². The summed E-state index contributed by atoms with van der Waals surface area (Å²) in [6.45, 7) is 2.21. The summed E-state index contributed by atoms with van der Waals surface area (Å²) in [7, 11) is 0. The summed E-state index contributed by atoms with van der Waals surface area (Å²) in [6.07, 6.45) is 0. The lowest BCUT2D eigenvalue weighted by Gasteiger charge is -2.12. The first-order valence-electron chi connectivity index (χ1n) is 8.88. The van der Waals surface area contributed by atoms with Gasteiger partial charge in [-0.15, -0.1) is 0 Å². The number of rotatable bonds is 7. The Morgan fingerprint density at radius 1 is 1.03 bits per heavy atom. The lowest BCUT2D eigenvalue weighted by molar-refractivity contribution is -0.118. The minimum Gasteiger partial charge on any atom is -0.482 e. The number of ether oxygens (including phenoxy) is 1. The molecule has 0 atom stereocenters. The van der Waals surface area contributed by atoms with Crippen LogP contribution >= 0.6 is 23.2 Å². The van der Waals surface area contributed by atoms with Gasteiger partial charge in [-0.2, -0.15) is 0 Å². The maximum absolute atomic E-state index is 13.6. The van der Waals surface area contributed by atoms with Gasteiger partial charge in [-0.3, -0.25) is 4.79 Å². The van der Waals surface area contributed by atoms with E-state index in [1.807, 2.05) is 31.2 Å². The summed E-state index contributed by atoms with van der Waals surface area (Å²) in [5.41, 5.74) is 2.96. The zero-order chi connectivity index (χ0) is 20.8. The smallest absolute Gasteiger partial charge is 0.262 e. The number of carbonyl (C=O) groups is 1. The molecular weight excluding hydrogens is 414 g/mol. The van der Waals surface area contributed by atoms with Crippen LogP contribution in [-0.2, 0) is 11.3 Å². The first-order valence-corrected chi connectivity index (χ1v) is 9.63. The van der Waals surface area contributed by atoms with E-state index in [-0.39, 0.29) is 12.3 Å². The van der Waals surface area contributed by atoms with Crippen LogP contribution in [0.25, 0.3) is 0 Å². The van der Waals surface area contributed by atoms with Crippen molar-refractivity contribution in [2.75, 3.05) is 17.2 Å². The highest BCUT2D eigenvalue weighted by Crippen LogP contribution is 2.26. The third-order valence-corrected chi connectivity index (χ3v) is 4.87. The molecule has 0 saturated heterocycles. The summed E-state index contributed by atoms with van der Waals surface area (Å²) in [4.78, 5) is 12.0. The Hall–Kier alpha value is -2.76. The van der Waals surface area contributed by atoms with Crippen molar-refractivity contribution in [2.45, 2.75) is 13.5 Å². The molecular formula is C22H19Cl2FN2O2. The molecule has 0 fully saturated rings. The average Bonchev–Trinajstić information content (AvgIpc) is 2.70. The van der Waals surface area contributed by atoms with Crippen molar-refractivity contribution in [3.63, 3.8) is 0 Å². The molecule has 4 nitrogen and oxygen atoms in total. The topological polar surface area (TPSA) is 50.4 Å². The zero-order valence-electron chi connectivity index (χ0n) is 15.6. The van der Waals surface area contributed by atoms with Crippen LogP contribution in [-0.4, -0.2) is 12.5 Å². The third-order valence-electron chi connectivity index (χ3n) is 4.17. The van der Waals surface area contributed by atoms with Gasteiger partial charge in [-0.25, -0.2) is 4.39 Å². The molecule has 150 valence electrons. The fraction of sp³-hybridized carbons (Fsp3) is 0.136. The third kappa shape index (κ3) is 5.86. The number of hydrogen-bond acceptors (Lipinski definition) is 3. The fourth-order valence-corrected chi connectivity index (χ4v) is 3.01. The van der Waals surface area contributed by atoms with Crippen molar-refractivity contribution in [1.29, 1.82) is 0 Å². The number of halogens is 3. The Bertz CT molecular complexity index is 1030. The Kier molecular flexibility index (Phi) is 6.96. The molecule has 3 aromatic rings. The van der Waals surface area contributed by atoms with Gasteiger partial charge in [0, 0.05) is 17.3 Å². The molecule has 0 radical (unpaired) electrons. The van der Waals surface area contributed by atoms with Crippen molar-refractivity contribution in [2.24, 2.45) is 0 Å². The van der Waals surface area contributed by atoms with E-state index in [2.05, 4.69) is 10.6 Å². The minimum atomic E-state index is -0.509. The van der Waals surface area contributed by atoms with Gasteiger partial charge >= 0.3 is 0 Å². The van der Waals surface area contributed by atoms with E-state index in [1.165, 1.54) is 12.1 Å². The van der Waals surface area contributed by atoms with Crippen LogP contribution in [0.15, 0.2) is 60.7 Å². The predicted molar refractivity (Wildman–Crippen MR) is 115 cm³/mol. The lowest BCUT2D eigenvalue weighted by atomic mass is 10.2. The van der Waals surface area contributed by atoms with Gasteiger partial charge in [0.2, 0.25) is 0 Å². The molecule has 7 heteroatoms. The molecule has 2 N–H and O–H groups in total. The Labute approximate surface area is 178 Å². The fourth-order valence-electron chi connectivity index (χ4n) is 2.57. The average molecular weight is 433 g/mol. The van der Waals surface area contributed by atoms with Crippen molar-refractivity contribution in [3.05, 3.63) is 87.7 Å². The molecule has 1 amide bonds. The van der Waals surface area contributed by atoms with E-state index in [0.29, 0.717) is 22.3 Å². The van der Waals surface area contributed by atoms with Crippen molar-refractivity contribution in [3.8, 4) is 5.75 Å². The zero-order valence-corrected chi connectivity index (χ0v) is 17.1. The molecule has 0 aliphatic carbocycles. The SMILES string of the molecule is Cc1ccc(NCc2ccc(OCC(=O)Nc3ccccc3F)c(Cl)c2)cc1Cl. The normalized spacial score (nSPS) is 10.5. The summed E-state index contributed by atoms with van der Waals surface area (Å²) in [5, 5.41) is 6.81. The molecule has 0 spiro atoms. The molecule has 0 aliphatic heterocycles. The molecule has 0 heterocycles. The van der Waals surface area contributed by atoms with Crippen molar-refractivity contribution in [1.82, 2.24) is 0 Å². The lowest BCUT2D eigenvalue weighted by Crippen LogP contribution is -2.20. The van der Waals surface area contributed by atoms with E-state index < -0.39 is 11.7 Å². The first kappa shape index (κ1) is 21.0. The van der Waals surface area contributed by atoms with Gasteiger partial charge < -0.3 is 15.4 Å². The Balaban J connectivity index is 1.54. The monoisotopic (exact) mass is 432 g/mol. The molecule has 29 heavy (non-hydrogen) atoms. The first-order chi connectivity index (χ1) is 13.9. The van der Waals surface area contributed by atoms with Crippen LogP contribution in [0.2, 0.25) is 10.0 Å². The number of hydrogen-bond donors (Lipinski definition) is 2. The van der Waals surface area contributed by atoms with Gasteiger partial charge in [0.1, 0.15) is 11.6 Å². The van der Waals surface area contributed by atoms with Gasteiger partial charge in [0.05, 0.1) is 10.7 Å². The number of para-hydroxylation sites is 1. The summed E-state index contributed by atoms with van der Waals surface area (Å²) < 4.78 is 19.0. The summed E-state index contributed by atoms with van der Waals surface area (Å²) >= 11 is 12.4. The maximum atomic E-state index is 13.6. The molecule has 0 unspecified atom stereocenters. The minimum absolute atomic E-state index is 0.102. The second-order valence-corrected chi connectivity index (χ2v) is 7.21. The molecule has 0 bridgehead atoms. The molecule has 0 aliphatic rings. The molecule has 0 saturated carbocycles. The van der Waals surface area contributed by atoms with Crippen LogP contribution < -0.4 is 15.4 Å². The van der Waals surface area contributed by atoms with Crippen LogP contribution in [0.5, 0.6) is 5.75 Å². The number of aryl methyl sites for hydroxylation is 1. The van der Waals surface area contributed by atoms with E-state index in [9.17, 15) is 9.18 Å². The van der Waals surface area contributed by atoms with Gasteiger partial charge in [0.15, 0.2) is 6.61 Å². The second-order valence-electron chi connectivity index (χ2n) is 6.40. The van der Waals surface area contributed by atoms with Gasteiger partial charge in [-0.1, -0.05) is 47.5 Å². The maximum Gasteiger partial charge on any atom is 0.262 e. The standard InChI is InChI=1S/C22H19Cl2FN2O2/c1-14-6-8-16(11-17(14)23)26-12-15-7-9-21(18(24)10-15)29-13-22(28)27-20-5-3-2-4-19(20)25/h2-11,26H,12-13H2,1H3,(H,27,28). The second kappa shape index (κ2) is 9.63. The van der Waals surface area contributed by atoms with E-state index in [0.717, 1.165) is 16.8 Å². The molecule has 3 rings (SSSR count). The quantitative estimate of drug-likeness (QED) is 0.476. The van der Waals surface area contributed by atoms with Gasteiger partial charge in [0.25, 0.3) is 5.91 Å². The van der Waals surface area contributed by atoms with E-state index in [4.69, 9.17) is 27.9 Å². The van der Waals surface area contributed by atoms with E-state index >= 15 is 0 Å². The number of nitrogens with one attached hydrogen (secondary N) is 2. The summed E-state index contributed by atoms with van der Waals surface area (Å²) in [5.74, 6) is -0.615. The van der Waals surface area contributed by atoms with Crippen LogP contribution in [0.1, 0.15) is 11.1 Å². The number of anilines is 2. The predicted octanol–water partition coefficient (Wildman–Crippen LogP) is 6.07. The Morgan fingerprint density at radius 3 is 2.55 bits per heavy atom. The molecule has 3 aromatic carbocycles. The van der Waals surface area contributed by atoms with Crippen LogP contribution in [0.4, 0.5) is 15.8 Å². The largest absolute Gasteiger partial charge is 0.482 e. The van der Waals surface area contributed by atoms with Crippen molar-refractivity contribution >= 4 is 40.5 Å². The summed E-state index contributed by atoms with van der Waals surface area (Å²) in [6, 6.07) is 17.0. The molecule has 0 aromatic heterocycles. The number of amides is 1. The highest BCUT2D eigenvalue weighted by atomic mass is 35.5. The van der Waals surface area contributed by atoms with Crippen LogP contribution in [0.3, 0.4) is 0 Å². The highest BCUT2D eigenvalue weighted by molar-refractivity contribution is 6.32. The Morgan fingerprint density at radius 2 is 1.83 bits per heavy atom. The number of benzene rings is 3. The highest BCUT2D eigenvalue weighted by Gasteiger charge is 2.09. The number of carbonyl (C=O) groups excluding carboxylic acids is 1. The van der Waals surface area contributed by atoms with Gasteiger partial charge in [-0.05, 0) is 54.4 Å². The van der Waals surface area contributed by atoms with Crippen molar-refractivity contribution < 1.29 is 13.9 Å².